The van der Waals surface area contributed by atoms with Crippen molar-refractivity contribution in [2.75, 3.05) is 25.6 Å². The van der Waals surface area contributed by atoms with E-state index in [0.29, 0.717) is 22.9 Å². The van der Waals surface area contributed by atoms with Crippen LogP contribution in [0.25, 0.3) is 23.1 Å². The molecule has 9 heteroatoms. The van der Waals surface area contributed by atoms with Crippen molar-refractivity contribution in [1.29, 1.82) is 0 Å². The molecule has 0 bridgehead atoms. The number of benzene rings is 2. The number of hydrogen-bond donors (Lipinski definition) is 1. The molecule has 0 aliphatic heterocycles. The molecular formula is C26H28ClN2NaO3S2. The Morgan fingerprint density at radius 2 is 1.74 bits per heavy atom. The van der Waals surface area contributed by atoms with Gasteiger partial charge in [0.25, 0.3) is 0 Å². The van der Waals surface area contributed by atoms with Gasteiger partial charge in [0.15, 0.2) is 0 Å². The van der Waals surface area contributed by atoms with Crippen molar-refractivity contribution in [1.82, 2.24) is 9.88 Å². The van der Waals surface area contributed by atoms with E-state index in [-0.39, 0.29) is 46.5 Å². The van der Waals surface area contributed by atoms with Gasteiger partial charge >= 0.3 is 35.5 Å². The molecule has 180 valence electrons. The number of fused-ring (bicyclic) bond motifs is 1. The number of nitrogens with zero attached hydrogens (tertiary/aromatic N) is 2. The van der Waals surface area contributed by atoms with Crippen molar-refractivity contribution >= 4 is 99.6 Å². The third-order valence-electron chi connectivity index (χ3n) is 4.97. The van der Waals surface area contributed by atoms with Gasteiger partial charge < -0.3 is 10.0 Å². The first-order chi connectivity index (χ1) is 16.3. The Morgan fingerprint density at radius 3 is 2.46 bits per heavy atom. The SMILES string of the molecule is CN(C)C(=O)CCSC(SCCC(=O)O)c1cccc(/C=C/c2ccc3ccc(Cl)cc3n2)c1.[NaH]. The first-order valence-corrected chi connectivity index (χ1v) is 13.3. The molecule has 1 heterocycles. The minimum absolute atomic E-state index is 0. The van der Waals surface area contributed by atoms with Gasteiger partial charge in [-0.05, 0) is 41.5 Å². The van der Waals surface area contributed by atoms with Crippen LogP contribution >= 0.6 is 35.1 Å². The number of thioether (sulfide) groups is 2. The Kier molecular flexibility index (Phi) is 12.7. The molecule has 1 aromatic heterocycles. The summed E-state index contributed by atoms with van der Waals surface area (Å²) in [5, 5.41) is 10.7. The van der Waals surface area contributed by atoms with E-state index in [1.807, 2.05) is 60.7 Å². The standard InChI is InChI=1S/C26H27ClN2O3S2.Na.H/c1-29(2)24(30)12-14-33-26(34-15-13-25(31)32)20-5-3-4-18(16-20)6-10-22-11-8-19-7-9-21(27)17-23(19)28-22;;/h3-11,16-17,26H,12-15H2,1-2H3,(H,31,32);;/b10-6+;;. The Balaban J connectivity index is 0.00000432. The van der Waals surface area contributed by atoms with Crippen molar-refractivity contribution < 1.29 is 14.7 Å². The van der Waals surface area contributed by atoms with Gasteiger partial charge in [-0.2, -0.15) is 0 Å². The number of halogens is 1. The number of carbonyl (C=O) groups excluding carboxylic acids is 1. The maximum atomic E-state index is 11.9. The summed E-state index contributed by atoms with van der Waals surface area (Å²) in [5.41, 5.74) is 3.81. The molecule has 0 fully saturated rings. The van der Waals surface area contributed by atoms with Crippen LogP contribution in [-0.2, 0) is 9.59 Å². The second-order valence-electron chi connectivity index (χ2n) is 7.83. The van der Waals surface area contributed by atoms with E-state index in [9.17, 15) is 9.59 Å². The third-order valence-corrected chi connectivity index (χ3v) is 8.06. The fourth-order valence-electron chi connectivity index (χ4n) is 3.16. The molecule has 0 aliphatic carbocycles. The van der Waals surface area contributed by atoms with Gasteiger partial charge in [-0.1, -0.05) is 48.0 Å². The van der Waals surface area contributed by atoms with Crippen LogP contribution in [0.2, 0.25) is 5.02 Å². The average Bonchev–Trinajstić information content (AvgIpc) is 2.81. The van der Waals surface area contributed by atoms with Gasteiger partial charge in [0, 0.05) is 42.4 Å². The van der Waals surface area contributed by atoms with E-state index in [4.69, 9.17) is 16.7 Å². The second-order valence-corrected chi connectivity index (χ2v) is 11.0. The van der Waals surface area contributed by atoms with E-state index in [1.165, 1.54) is 0 Å². The van der Waals surface area contributed by atoms with Crippen LogP contribution < -0.4 is 0 Å². The molecule has 0 radical (unpaired) electrons. The molecule has 3 rings (SSSR count). The number of aromatic nitrogens is 1. The molecule has 0 saturated heterocycles. The number of amides is 1. The molecule has 1 amide bonds. The van der Waals surface area contributed by atoms with E-state index < -0.39 is 5.97 Å². The summed E-state index contributed by atoms with van der Waals surface area (Å²) < 4.78 is 0.0450. The van der Waals surface area contributed by atoms with Crippen LogP contribution in [-0.4, -0.2) is 82.0 Å². The Morgan fingerprint density at radius 1 is 1.03 bits per heavy atom. The number of aliphatic carboxylic acids is 1. The quantitative estimate of drug-likeness (QED) is 0.245. The number of rotatable bonds is 11. The molecule has 1 atom stereocenters. The zero-order chi connectivity index (χ0) is 24.5. The van der Waals surface area contributed by atoms with Crippen LogP contribution in [0.15, 0.2) is 54.6 Å². The van der Waals surface area contributed by atoms with E-state index >= 15 is 0 Å². The van der Waals surface area contributed by atoms with Crippen molar-refractivity contribution in [2.24, 2.45) is 0 Å². The molecule has 1 unspecified atom stereocenters. The first-order valence-electron chi connectivity index (χ1n) is 10.8. The maximum absolute atomic E-state index is 11.9. The van der Waals surface area contributed by atoms with Crippen LogP contribution in [0.3, 0.4) is 0 Å². The van der Waals surface area contributed by atoms with Crippen molar-refractivity contribution in [3.8, 4) is 0 Å². The summed E-state index contributed by atoms with van der Waals surface area (Å²) in [6, 6.07) is 17.8. The molecule has 2 aromatic carbocycles. The molecule has 0 aliphatic rings. The van der Waals surface area contributed by atoms with Gasteiger partial charge in [0.1, 0.15) is 0 Å². The Bertz CT molecular complexity index is 1190. The molecule has 0 saturated carbocycles. The number of carboxylic acid groups (broad SMARTS) is 1. The minimum atomic E-state index is -0.806. The molecule has 3 aromatic rings. The monoisotopic (exact) mass is 538 g/mol. The van der Waals surface area contributed by atoms with Crippen molar-refractivity contribution in [3.05, 3.63) is 76.4 Å². The predicted molar refractivity (Wildman–Crippen MR) is 152 cm³/mol. The van der Waals surface area contributed by atoms with Crippen molar-refractivity contribution in [2.45, 2.75) is 17.4 Å². The fourth-order valence-corrected chi connectivity index (χ4v) is 5.98. The van der Waals surface area contributed by atoms with E-state index in [1.54, 1.807) is 42.5 Å². The zero-order valence-corrected chi connectivity index (χ0v) is 21.5. The third kappa shape index (κ3) is 9.83. The molecule has 35 heavy (non-hydrogen) atoms. The van der Waals surface area contributed by atoms with Gasteiger partial charge in [-0.25, -0.2) is 4.98 Å². The first kappa shape index (κ1) is 29.7. The van der Waals surface area contributed by atoms with Crippen LogP contribution in [0.4, 0.5) is 0 Å². The average molecular weight is 539 g/mol. The predicted octanol–water partition coefficient (Wildman–Crippen LogP) is 5.83. The summed E-state index contributed by atoms with van der Waals surface area (Å²) in [5.74, 6) is 0.464. The van der Waals surface area contributed by atoms with Gasteiger partial charge in [0.05, 0.1) is 22.2 Å². The van der Waals surface area contributed by atoms with Crippen LogP contribution in [0, 0.1) is 0 Å². The van der Waals surface area contributed by atoms with Crippen LogP contribution in [0.1, 0.15) is 34.2 Å². The molecular weight excluding hydrogens is 511 g/mol. The van der Waals surface area contributed by atoms with Gasteiger partial charge in [-0.15, -0.1) is 23.5 Å². The van der Waals surface area contributed by atoms with Gasteiger partial charge in [0.2, 0.25) is 5.91 Å². The van der Waals surface area contributed by atoms with E-state index in [0.717, 1.165) is 27.7 Å². The normalized spacial score (nSPS) is 11.9. The second kappa shape index (κ2) is 14.9. The summed E-state index contributed by atoms with van der Waals surface area (Å²) in [6.45, 7) is 0. The van der Waals surface area contributed by atoms with E-state index in [2.05, 4.69) is 11.1 Å². The summed E-state index contributed by atoms with van der Waals surface area (Å²) in [7, 11) is 3.50. The Hall–Kier alpha value is -1.48. The summed E-state index contributed by atoms with van der Waals surface area (Å²) in [4.78, 5) is 29.2. The molecule has 1 N–H and O–H groups in total. The fraction of sp³-hybridized carbons (Fsp3) is 0.269. The molecule has 0 spiro atoms. The topological polar surface area (TPSA) is 70.5 Å². The summed E-state index contributed by atoms with van der Waals surface area (Å²) >= 11 is 9.37. The van der Waals surface area contributed by atoms with Crippen LogP contribution in [0.5, 0.6) is 0 Å². The van der Waals surface area contributed by atoms with Gasteiger partial charge in [-0.3, -0.25) is 9.59 Å². The number of pyridine rings is 1. The molecule has 5 nitrogen and oxygen atoms in total. The number of carboxylic acids is 1. The number of carbonyl (C=O) groups is 2. The zero-order valence-electron chi connectivity index (χ0n) is 19.1. The number of hydrogen-bond acceptors (Lipinski definition) is 5. The van der Waals surface area contributed by atoms with Crippen molar-refractivity contribution in [3.63, 3.8) is 0 Å². The Labute approximate surface area is 242 Å². The summed E-state index contributed by atoms with van der Waals surface area (Å²) in [6.07, 6.45) is 4.54.